The lowest BCUT2D eigenvalue weighted by atomic mass is 10.1. The number of rotatable bonds is 3. The third-order valence-electron chi connectivity index (χ3n) is 3.70. The molecule has 1 aliphatic rings. The van der Waals surface area contributed by atoms with E-state index < -0.39 is 0 Å². The lowest BCUT2D eigenvalue weighted by molar-refractivity contribution is 0.0762. The van der Waals surface area contributed by atoms with E-state index in [0.717, 1.165) is 50.0 Å². The smallest absolute Gasteiger partial charge is 0.253 e. The molecule has 0 radical (unpaired) electrons. The Balaban J connectivity index is 2.03. The van der Waals surface area contributed by atoms with Gasteiger partial charge in [-0.05, 0) is 37.6 Å². The topological polar surface area (TPSA) is 23.6 Å². The van der Waals surface area contributed by atoms with E-state index in [2.05, 4.69) is 20.8 Å². The first-order valence-corrected chi connectivity index (χ1v) is 8.45. The Morgan fingerprint density at radius 2 is 2.10 bits per heavy atom. The Hall–Kier alpha value is -0.580. The number of amides is 1. The summed E-state index contributed by atoms with van der Waals surface area (Å²) in [5.41, 5.74) is 1.69. The number of carbonyl (C=O) groups excluding carboxylic acids is 1. The predicted molar refractivity (Wildman–Crippen MR) is 86.9 cm³/mol. The molecule has 0 N–H and O–H groups in total. The van der Waals surface area contributed by atoms with Crippen LogP contribution in [0.25, 0.3) is 0 Å². The highest BCUT2D eigenvalue weighted by atomic mass is 79.9. The van der Waals surface area contributed by atoms with Crippen LogP contribution >= 0.6 is 27.5 Å². The molecule has 2 rings (SSSR count). The molecule has 0 aliphatic carbocycles. The van der Waals surface area contributed by atoms with Gasteiger partial charge in [-0.2, -0.15) is 0 Å². The zero-order chi connectivity index (χ0) is 14.5. The summed E-state index contributed by atoms with van der Waals surface area (Å²) in [5, 5.41) is 1.64. The number of halogens is 2. The average Bonchev–Trinajstić information content (AvgIpc) is 2.67. The Labute approximate surface area is 134 Å². The molecule has 1 aliphatic heterocycles. The van der Waals surface area contributed by atoms with Crippen molar-refractivity contribution in [1.29, 1.82) is 0 Å². The molecule has 20 heavy (non-hydrogen) atoms. The molecular weight excluding hydrogens is 340 g/mol. The molecule has 0 atom stereocenters. The molecule has 1 heterocycles. The summed E-state index contributed by atoms with van der Waals surface area (Å²) >= 11 is 9.58. The van der Waals surface area contributed by atoms with Gasteiger partial charge in [0, 0.05) is 42.1 Å². The second kappa shape index (κ2) is 7.43. The van der Waals surface area contributed by atoms with Crippen LogP contribution in [0.4, 0.5) is 0 Å². The van der Waals surface area contributed by atoms with Gasteiger partial charge in [0.05, 0.1) is 0 Å². The van der Waals surface area contributed by atoms with E-state index in [1.807, 2.05) is 24.0 Å². The van der Waals surface area contributed by atoms with E-state index in [1.165, 1.54) is 0 Å². The van der Waals surface area contributed by atoms with Crippen LogP contribution in [0.3, 0.4) is 0 Å². The quantitative estimate of drug-likeness (QED) is 0.774. The lowest BCUT2D eigenvalue weighted by Gasteiger charge is -2.21. The van der Waals surface area contributed by atoms with Crippen LogP contribution < -0.4 is 0 Å². The van der Waals surface area contributed by atoms with Gasteiger partial charge in [0.25, 0.3) is 5.91 Å². The Morgan fingerprint density at radius 1 is 1.30 bits per heavy atom. The highest BCUT2D eigenvalue weighted by molar-refractivity contribution is 9.09. The van der Waals surface area contributed by atoms with Crippen LogP contribution in [-0.4, -0.2) is 53.8 Å². The fourth-order valence-corrected chi connectivity index (χ4v) is 3.11. The molecule has 0 saturated carbocycles. The third kappa shape index (κ3) is 3.96. The van der Waals surface area contributed by atoms with Crippen molar-refractivity contribution in [3.05, 3.63) is 34.3 Å². The maximum absolute atomic E-state index is 12.5. The summed E-state index contributed by atoms with van der Waals surface area (Å²) in [7, 11) is 0. The highest BCUT2D eigenvalue weighted by Crippen LogP contribution is 2.18. The van der Waals surface area contributed by atoms with Gasteiger partial charge in [-0.25, -0.2) is 0 Å². The van der Waals surface area contributed by atoms with E-state index in [0.29, 0.717) is 10.6 Å². The molecule has 3 nitrogen and oxygen atoms in total. The van der Waals surface area contributed by atoms with E-state index in [9.17, 15) is 4.79 Å². The average molecular weight is 360 g/mol. The number of aryl methyl sites for hydroxylation is 1. The van der Waals surface area contributed by atoms with Crippen LogP contribution in [0.2, 0.25) is 5.02 Å². The van der Waals surface area contributed by atoms with Crippen molar-refractivity contribution in [1.82, 2.24) is 9.80 Å². The first kappa shape index (κ1) is 15.8. The van der Waals surface area contributed by atoms with Gasteiger partial charge in [-0.1, -0.05) is 33.6 Å². The van der Waals surface area contributed by atoms with E-state index in [1.54, 1.807) is 6.07 Å². The normalized spacial score (nSPS) is 17.1. The summed E-state index contributed by atoms with van der Waals surface area (Å²) in [5.74, 6) is 0.0904. The second-order valence-corrected chi connectivity index (χ2v) is 6.34. The third-order valence-corrected chi connectivity index (χ3v) is 4.46. The van der Waals surface area contributed by atoms with Crippen molar-refractivity contribution in [3.8, 4) is 0 Å². The Bertz CT molecular complexity index is 481. The zero-order valence-corrected chi connectivity index (χ0v) is 14.1. The molecule has 1 fully saturated rings. The highest BCUT2D eigenvalue weighted by Gasteiger charge is 2.20. The summed E-state index contributed by atoms with van der Waals surface area (Å²) in [6.45, 7) is 6.60. The number of hydrogen-bond acceptors (Lipinski definition) is 2. The maximum atomic E-state index is 12.5. The largest absolute Gasteiger partial charge is 0.337 e. The minimum absolute atomic E-state index is 0.0904. The summed E-state index contributed by atoms with van der Waals surface area (Å²) < 4.78 is 0. The molecule has 1 amide bonds. The predicted octanol–water partition coefficient (Wildman–Crippen LogP) is 3.19. The molecule has 1 aromatic carbocycles. The minimum atomic E-state index is 0.0904. The molecule has 1 saturated heterocycles. The maximum Gasteiger partial charge on any atom is 0.253 e. The zero-order valence-electron chi connectivity index (χ0n) is 11.7. The van der Waals surface area contributed by atoms with Crippen LogP contribution in [0, 0.1) is 6.92 Å². The molecule has 1 aromatic rings. The number of carbonyl (C=O) groups is 1. The second-order valence-electron chi connectivity index (χ2n) is 5.14. The van der Waals surface area contributed by atoms with Gasteiger partial charge in [-0.15, -0.1) is 0 Å². The molecule has 110 valence electrons. The number of benzene rings is 1. The monoisotopic (exact) mass is 358 g/mol. The fourth-order valence-electron chi connectivity index (χ4n) is 2.43. The van der Waals surface area contributed by atoms with E-state index in [-0.39, 0.29) is 5.91 Å². The van der Waals surface area contributed by atoms with Gasteiger partial charge in [0.1, 0.15) is 0 Å². The van der Waals surface area contributed by atoms with E-state index >= 15 is 0 Å². The number of alkyl halides is 1. The number of hydrogen-bond donors (Lipinski definition) is 0. The van der Waals surface area contributed by atoms with Crippen molar-refractivity contribution in [2.45, 2.75) is 13.3 Å². The standard InChI is InChI=1S/C15H20BrClN2O/c1-12-3-4-13(11-14(12)17)15(20)19-7-2-6-18(8-5-16)9-10-19/h3-4,11H,2,5-10H2,1H3. The lowest BCUT2D eigenvalue weighted by Crippen LogP contribution is -2.35. The summed E-state index contributed by atoms with van der Waals surface area (Å²) in [6, 6.07) is 5.55. The van der Waals surface area contributed by atoms with E-state index in [4.69, 9.17) is 11.6 Å². The molecule has 0 aromatic heterocycles. The van der Waals surface area contributed by atoms with Crippen molar-refractivity contribution >= 4 is 33.4 Å². The molecule has 5 heteroatoms. The van der Waals surface area contributed by atoms with Crippen LogP contribution in [-0.2, 0) is 0 Å². The minimum Gasteiger partial charge on any atom is -0.337 e. The Kier molecular flexibility index (Phi) is 5.87. The van der Waals surface area contributed by atoms with Crippen molar-refractivity contribution < 1.29 is 4.79 Å². The Morgan fingerprint density at radius 3 is 2.80 bits per heavy atom. The first-order chi connectivity index (χ1) is 9.61. The van der Waals surface area contributed by atoms with Crippen molar-refractivity contribution in [3.63, 3.8) is 0 Å². The van der Waals surface area contributed by atoms with Crippen molar-refractivity contribution in [2.24, 2.45) is 0 Å². The fraction of sp³-hybridized carbons (Fsp3) is 0.533. The summed E-state index contributed by atoms with van der Waals surface area (Å²) in [6.07, 6.45) is 1.03. The van der Waals surface area contributed by atoms with Crippen molar-refractivity contribution in [2.75, 3.05) is 38.1 Å². The molecular formula is C15H20BrClN2O. The van der Waals surface area contributed by atoms with Gasteiger partial charge < -0.3 is 9.80 Å². The van der Waals surface area contributed by atoms with Gasteiger partial charge >= 0.3 is 0 Å². The number of nitrogens with zero attached hydrogens (tertiary/aromatic N) is 2. The van der Waals surface area contributed by atoms with Gasteiger partial charge in [0.15, 0.2) is 0 Å². The van der Waals surface area contributed by atoms with Crippen LogP contribution in [0.1, 0.15) is 22.3 Å². The molecule has 0 spiro atoms. The van der Waals surface area contributed by atoms with Gasteiger partial charge in [0.2, 0.25) is 0 Å². The molecule has 0 unspecified atom stereocenters. The first-order valence-electron chi connectivity index (χ1n) is 6.95. The van der Waals surface area contributed by atoms with Gasteiger partial charge in [-0.3, -0.25) is 4.79 Å². The molecule has 0 bridgehead atoms. The van der Waals surface area contributed by atoms with Crippen LogP contribution in [0.15, 0.2) is 18.2 Å². The van der Waals surface area contributed by atoms with Crippen LogP contribution in [0.5, 0.6) is 0 Å². The SMILES string of the molecule is Cc1ccc(C(=O)N2CCCN(CCBr)CC2)cc1Cl. The summed E-state index contributed by atoms with van der Waals surface area (Å²) in [4.78, 5) is 16.9.